The quantitative estimate of drug-likeness (QED) is 0.457. The van der Waals surface area contributed by atoms with Crippen molar-refractivity contribution in [1.29, 1.82) is 0 Å². The Bertz CT molecular complexity index is 579. The number of ether oxygens (including phenoxy) is 1. The fraction of sp³-hybridized carbons (Fsp3) is 0.100. The van der Waals surface area contributed by atoms with Crippen LogP contribution < -0.4 is 4.74 Å². The van der Waals surface area contributed by atoms with E-state index < -0.39 is 4.92 Å². The van der Waals surface area contributed by atoms with E-state index in [4.69, 9.17) is 4.74 Å². The normalized spacial score (nSPS) is 10.7. The van der Waals surface area contributed by atoms with Crippen molar-refractivity contribution < 1.29 is 9.66 Å². The van der Waals surface area contributed by atoms with E-state index in [0.717, 1.165) is 0 Å². The summed E-state index contributed by atoms with van der Waals surface area (Å²) in [5.41, 5.74) is 0.474. The molecule has 0 N–H and O–H groups in total. The molecule has 8 nitrogen and oxygen atoms in total. The second-order valence-corrected chi connectivity index (χ2v) is 3.27. The van der Waals surface area contributed by atoms with Crippen molar-refractivity contribution in [3.8, 4) is 5.75 Å². The average Bonchev–Trinajstić information content (AvgIpc) is 2.89. The Morgan fingerprint density at radius 3 is 2.78 bits per heavy atom. The van der Waals surface area contributed by atoms with Gasteiger partial charge in [0.05, 0.1) is 18.2 Å². The number of methoxy groups -OCH3 is 1. The first kappa shape index (κ1) is 11.7. The molecule has 2 aromatic rings. The van der Waals surface area contributed by atoms with Gasteiger partial charge in [-0.25, -0.2) is 4.68 Å². The Balaban J connectivity index is 2.30. The molecule has 0 bridgehead atoms. The van der Waals surface area contributed by atoms with E-state index >= 15 is 0 Å². The molecule has 8 heteroatoms. The van der Waals surface area contributed by atoms with Crippen LogP contribution in [-0.2, 0) is 0 Å². The van der Waals surface area contributed by atoms with Crippen LogP contribution in [0.15, 0.2) is 36.0 Å². The second kappa shape index (κ2) is 5.04. The number of nitro groups is 1. The van der Waals surface area contributed by atoms with Crippen LogP contribution in [0.3, 0.4) is 0 Å². The summed E-state index contributed by atoms with van der Waals surface area (Å²) in [5, 5.41) is 22.0. The monoisotopic (exact) mass is 247 g/mol. The van der Waals surface area contributed by atoms with Crippen LogP contribution in [0.1, 0.15) is 5.56 Å². The minimum Gasteiger partial charge on any atom is -0.490 e. The molecule has 0 fully saturated rings. The Hall–Kier alpha value is -2.77. The summed E-state index contributed by atoms with van der Waals surface area (Å²) in [6.45, 7) is 0. The molecule has 0 unspecified atom stereocenters. The van der Waals surface area contributed by atoms with Crippen LogP contribution in [0.5, 0.6) is 5.75 Å². The van der Waals surface area contributed by atoms with Gasteiger partial charge in [-0.3, -0.25) is 10.1 Å². The van der Waals surface area contributed by atoms with Gasteiger partial charge in [-0.05, 0) is 12.1 Å². The lowest BCUT2D eigenvalue weighted by Gasteiger charge is -2.01. The number of benzene rings is 1. The topological polar surface area (TPSA) is 95.4 Å². The van der Waals surface area contributed by atoms with Crippen LogP contribution >= 0.6 is 0 Å². The summed E-state index contributed by atoms with van der Waals surface area (Å²) in [6, 6.07) is 4.57. The third-order valence-electron chi connectivity index (χ3n) is 2.15. The van der Waals surface area contributed by atoms with Gasteiger partial charge in [0.25, 0.3) is 0 Å². The van der Waals surface area contributed by atoms with E-state index in [1.807, 2.05) is 0 Å². The van der Waals surface area contributed by atoms with Gasteiger partial charge in [0.1, 0.15) is 12.7 Å². The minimum atomic E-state index is -0.505. The Labute approximate surface area is 102 Å². The van der Waals surface area contributed by atoms with Crippen LogP contribution in [0.25, 0.3) is 0 Å². The maximum atomic E-state index is 10.8. The van der Waals surface area contributed by atoms with E-state index in [1.54, 1.807) is 6.07 Å². The Morgan fingerprint density at radius 1 is 1.44 bits per heavy atom. The zero-order chi connectivity index (χ0) is 13.0. The number of rotatable bonds is 4. The highest BCUT2D eigenvalue weighted by Crippen LogP contribution is 2.26. The molecule has 1 heterocycles. The first-order chi connectivity index (χ1) is 8.70. The highest BCUT2D eigenvalue weighted by molar-refractivity contribution is 5.81. The van der Waals surface area contributed by atoms with Crippen LogP contribution in [0, 0.1) is 10.1 Å². The largest absolute Gasteiger partial charge is 0.490 e. The molecule has 0 aliphatic rings. The highest BCUT2D eigenvalue weighted by atomic mass is 16.6. The third kappa shape index (κ3) is 2.48. The van der Waals surface area contributed by atoms with Crippen LogP contribution in [0.2, 0.25) is 0 Å². The third-order valence-corrected chi connectivity index (χ3v) is 2.15. The molecule has 0 amide bonds. The summed E-state index contributed by atoms with van der Waals surface area (Å²) in [6.07, 6.45) is 4.29. The summed E-state index contributed by atoms with van der Waals surface area (Å²) < 4.78 is 6.29. The van der Waals surface area contributed by atoms with Crippen molar-refractivity contribution in [1.82, 2.24) is 14.9 Å². The molecular formula is C10H9N5O3. The molecule has 0 aliphatic carbocycles. The van der Waals surface area contributed by atoms with Gasteiger partial charge in [-0.2, -0.15) is 5.10 Å². The van der Waals surface area contributed by atoms with Crippen molar-refractivity contribution in [2.24, 2.45) is 5.10 Å². The summed E-state index contributed by atoms with van der Waals surface area (Å²) in [5.74, 6) is 0.210. The van der Waals surface area contributed by atoms with Crippen LogP contribution in [-0.4, -0.2) is 33.1 Å². The van der Waals surface area contributed by atoms with E-state index in [9.17, 15) is 10.1 Å². The molecule has 0 radical (unpaired) electrons. The number of aromatic nitrogens is 3. The number of hydrogen-bond acceptors (Lipinski definition) is 6. The molecule has 1 aromatic carbocycles. The van der Waals surface area contributed by atoms with E-state index in [2.05, 4.69) is 15.3 Å². The Morgan fingerprint density at radius 2 is 2.17 bits per heavy atom. The lowest BCUT2D eigenvalue weighted by Crippen LogP contribution is -1.95. The van der Waals surface area contributed by atoms with Gasteiger partial charge in [0, 0.05) is 11.6 Å². The molecule has 0 atom stereocenters. The lowest BCUT2D eigenvalue weighted by atomic mass is 10.2. The standard InChI is InChI=1S/C10H9N5O3/c1-18-10-3-2-8(4-9(10)15(16)17)5-13-14-6-11-12-7-14/h2-7H,1H3. The fourth-order valence-corrected chi connectivity index (χ4v) is 1.32. The van der Waals surface area contributed by atoms with Gasteiger partial charge in [0.15, 0.2) is 5.75 Å². The van der Waals surface area contributed by atoms with Gasteiger partial charge in [0.2, 0.25) is 0 Å². The number of nitro benzene ring substituents is 1. The second-order valence-electron chi connectivity index (χ2n) is 3.27. The first-order valence-corrected chi connectivity index (χ1v) is 4.92. The van der Waals surface area contributed by atoms with Crippen LogP contribution in [0.4, 0.5) is 5.69 Å². The smallest absolute Gasteiger partial charge is 0.311 e. The molecule has 2 rings (SSSR count). The molecule has 0 aliphatic heterocycles. The predicted molar refractivity (Wildman–Crippen MR) is 62.7 cm³/mol. The summed E-state index contributed by atoms with van der Waals surface area (Å²) in [4.78, 5) is 10.3. The molecule has 1 aromatic heterocycles. The van der Waals surface area contributed by atoms with Crippen molar-refractivity contribution in [2.75, 3.05) is 7.11 Å². The number of hydrogen-bond donors (Lipinski definition) is 0. The van der Waals surface area contributed by atoms with E-state index in [-0.39, 0.29) is 11.4 Å². The van der Waals surface area contributed by atoms with E-state index in [1.165, 1.54) is 42.8 Å². The van der Waals surface area contributed by atoms with Crippen molar-refractivity contribution in [3.05, 3.63) is 46.5 Å². The van der Waals surface area contributed by atoms with Gasteiger partial charge >= 0.3 is 5.69 Å². The molecule has 0 saturated carbocycles. The fourth-order valence-electron chi connectivity index (χ4n) is 1.32. The maximum absolute atomic E-state index is 10.8. The molecule has 0 spiro atoms. The average molecular weight is 247 g/mol. The van der Waals surface area contributed by atoms with Crippen molar-refractivity contribution in [2.45, 2.75) is 0 Å². The molecule has 92 valence electrons. The zero-order valence-corrected chi connectivity index (χ0v) is 9.42. The highest BCUT2D eigenvalue weighted by Gasteiger charge is 2.14. The first-order valence-electron chi connectivity index (χ1n) is 4.92. The van der Waals surface area contributed by atoms with Gasteiger partial charge < -0.3 is 4.74 Å². The van der Waals surface area contributed by atoms with Gasteiger partial charge in [-0.1, -0.05) is 0 Å². The predicted octanol–water partition coefficient (Wildman–Crippen LogP) is 1.08. The minimum absolute atomic E-state index is 0.106. The van der Waals surface area contributed by atoms with Crippen molar-refractivity contribution >= 4 is 11.9 Å². The summed E-state index contributed by atoms with van der Waals surface area (Å²) in [7, 11) is 1.38. The molecule has 0 saturated heterocycles. The zero-order valence-electron chi connectivity index (χ0n) is 9.42. The van der Waals surface area contributed by atoms with Gasteiger partial charge in [-0.15, -0.1) is 10.2 Å². The van der Waals surface area contributed by atoms with Crippen molar-refractivity contribution in [3.63, 3.8) is 0 Å². The summed E-state index contributed by atoms with van der Waals surface area (Å²) >= 11 is 0. The SMILES string of the molecule is COc1ccc(C=Nn2cnnc2)cc1[N+](=O)[O-]. The Kier molecular flexibility index (Phi) is 3.28. The lowest BCUT2D eigenvalue weighted by molar-refractivity contribution is -0.385. The molecule has 18 heavy (non-hydrogen) atoms. The van der Waals surface area contributed by atoms with E-state index in [0.29, 0.717) is 5.56 Å². The number of nitrogens with zero attached hydrogens (tertiary/aromatic N) is 5. The maximum Gasteiger partial charge on any atom is 0.311 e. The molecular weight excluding hydrogens is 238 g/mol.